The molecule has 51 heavy (non-hydrogen) atoms. The first-order chi connectivity index (χ1) is 24.2. The van der Waals surface area contributed by atoms with Gasteiger partial charge >= 0.3 is 23.9 Å². The number of nitro groups is 4. The molecular formula is C31H20N4O16. The van der Waals surface area contributed by atoms with E-state index in [0.717, 1.165) is 60.7 Å². The van der Waals surface area contributed by atoms with Crippen molar-refractivity contribution in [1.82, 2.24) is 0 Å². The predicted octanol–water partition coefficient (Wildman–Crippen LogP) is 4.97. The molecule has 20 nitrogen and oxygen atoms in total. The molecule has 0 heterocycles. The first kappa shape index (κ1) is 37.6. The average molecular weight is 705 g/mol. The van der Waals surface area contributed by atoms with E-state index in [1.165, 1.54) is 48.5 Å². The van der Waals surface area contributed by atoms with E-state index in [-0.39, 0.29) is 45.7 Å². The monoisotopic (exact) mass is 704 g/mol. The maximum absolute atomic E-state index is 11.6. The summed E-state index contributed by atoms with van der Waals surface area (Å²) in [5.41, 5.74) is -0.659. The van der Waals surface area contributed by atoms with Crippen molar-refractivity contribution in [3.05, 3.63) is 150 Å². The molecule has 4 aromatic rings. The molecule has 0 N–H and O–H groups in total. The zero-order valence-corrected chi connectivity index (χ0v) is 25.4. The molecular weight excluding hydrogens is 684 g/mol. The summed E-state index contributed by atoms with van der Waals surface area (Å²) < 4.78 is 19.4. The van der Waals surface area contributed by atoms with E-state index in [9.17, 15) is 59.6 Å². The lowest BCUT2D eigenvalue weighted by molar-refractivity contribution is -0.385. The van der Waals surface area contributed by atoms with Crippen LogP contribution in [-0.2, 0) is 19.2 Å². The highest BCUT2D eigenvalue weighted by molar-refractivity contribution is 5.94. The van der Waals surface area contributed by atoms with Crippen molar-refractivity contribution < 1.29 is 57.8 Å². The van der Waals surface area contributed by atoms with Crippen molar-refractivity contribution in [1.29, 1.82) is 0 Å². The van der Waals surface area contributed by atoms with Crippen molar-refractivity contribution >= 4 is 46.6 Å². The molecule has 0 aliphatic carbocycles. The van der Waals surface area contributed by atoms with Crippen LogP contribution in [0.1, 0.15) is 6.42 Å². The zero-order chi connectivity index (χ0) is 37.5. The van der Waals surface area contributed by atoms with Gasteiger partial charge in [-0.1, -0.05) is 0 Å². The second-order valence-corrected chi connectivity index (χ2v) is 9.30. The second-order valence-electron chi connectivity index (χ2n) is 9.30. The van der Waals surface area contributed by atoms with Crippen molar-refractivity contribution in [2.24, 2.45) is 0 Å². The van der Waals surface area contributed by atoms with Crippen LogP contribution in [0.25, 0.3) is 0 Å². The third kappa shape index (κ3) is 12.7. The first-order valence-corrected chi connectivity index (χ1v) is 13.7. The van der Waals surface area contributed by atoms with E-state index < -0.39 is 50.0 Å². The van der Waals surface area contributed by atoms with E-state index in [0.29, 0.717) is 0 Å². The Morgan fingerprint density at radius 1 is 0.412 bits per heavy atom. The van der Waals surface area contributed by atoms with Gasteiger partial charge < -0.3 is 18.9 Å². The van der Waals surface area contributed by atoms with Crippen LogP contribution in [0.3, 0.4) is 0 Å². The van der Waals surface area contributed by atoms with E-state index in [1.54, 1.807) is 0 Å². The summed E-state index contributed by atoms with van der Waals surface area (Å²) in [6.45, 7) is 0. The Bertz CT molecular complexity index is 1830. The lowest BCUT2D eigenvalue weighted by Gasteiger charge is -2.05. The van der Waals surface area contributed by atoms with Crippen LogP contribution in [0.4, 0.5) is 22.7 Å². The summed E-state index contributed by atoms with van der Waals surface area (Å²) >= 11 is 0. The largest absolute Gasteiger partial charge is 0.426 e. The van der Waals surface area contributed by atoms with Crippen molar-refractivity contribution in [2.75, 3.05) is 0 Å². The minimum absolute atomic E-state index is 0.0405. The number of esters is 4. The highest BCUT2D eigenvalue weighted by Crippen LogP contribution is 2.21. The summed E-state index contributed by atoms with van der Waals surface area (Å²) in [6.07, 6.45) is 0.929. The molecule has 0 aliphatic rings. The highest BCUT2D eigenvalue weighted by atomic mass is 16.6. The summed E-state index contributed by atoms with van der Waals surface area (Å²) in [7, 11) is 0. The Morgan fingerprint density at radius 3 is 0.843 bits per heavy atom. The Balaban J connectivity index is 0.000000276. The van der Waals surface area contributed by atoms with E-state index >= 15 is 0 Å². The van der Waals surface area contributed by atoms with Gasteiger partial charge in [0.05, 0.1) is 19.7 Å². The highest BCUT2D eigenvalue weighted by Gasteiger charge is 2.16. The first-order valence-electron chi connectivity index (χ1n) is 13.7. The van der Waals surface area contributed by atoms with Gasteiger partial charge in [0.25, 0.3) is 22.7 Å². The van der Waals surface area contributed by atoms with Crippen molar-refractivity contribution in [3.8, 4) is 23.0 Å². The standard InChI is InChI=1S/C16H10N2O8.C15H10N2O8/c19-15(25-13-5-1-11(2-6-13)17(21)22)9-10-16(20)26-14-7-3-12(4-8-14)18(23)24;18-14(24-12-5-1-10(2-6-12)16(20)21)9-15(19)25-13-7-3-11(4-8-13)17(22)23/h1-10H;1-8H,9H2/b10-9+;. The molecule has 0 bridgehead atoms. The van der Waals surface area contributed by atoms with Gasteiger partial charge in [-0.25, -0.2) is 9.59 Å². The second kappa shape index (κ2) is 17.9. The summed E-state index contributed by atoms with van der Waals surface area (Å²) in [6, 6.07) is 19.1. The van der Waals surface area contributed by atoms with Crippen LogP contribution >= 0.6 is 0 Å². The number of nitro benzene ring substituents is 4. The van der Waals surface area contributed by atoms with Gasteiger partial charge in [-0.3, -0.25) is 50.0 Å². The Labute approximate surface area is 283 Å². The third-order valence-electron chi connectivity index (χ3n) is 5.73. The zero-order valence-electron chi connectivity index (χ0n) is 25.4. The van der Waals surface area contributed by atoms with Crippen LogP contribution < -0.4 is 18.9 Å². The van der Waals surface area contributed by atoms with Crippen LogP contribution in [0.2, 0.25) is 0 Å². The van der Waals surface area contributed by atoms with Gasteiger partial charge in [0, 0.05) is 60.7 Å². The number of ether oxygens (including phenoxy) is 4. The average Bonchev–Trinajstić information content (AvgIpc) is 3.08. The summed E-state index contributed by atoms with van der Waals surface area (Å²) in [5.74, 6) is -3.40. The van der Waals surface area contributed by atoms with Gasteiger partial charge in [0.15, 0.2) is 0 Å². The SMILES string of the molecule is O=C(/C=C/C(=O)Oc1ccc([N+](=O)[O-])cc1)Oc1ccc([N+](=O)[O-])cc1.O=C(CC(=O)Oc1ccc([N+](=O)[O-])cc1)Oc1ccc([N+](=O)[O-])cc1. The van der Waals surface area contributed by atoms with Crippen LogP contribution in [-0.4, -0.2) is 43.6 Å². The van der Waals surface area contributed by atoms with Crippen LogP contribution in [0.15, 0.2) is 109 Å². The molecule has 0 radical (unpaired) electrons. The molecule has 0 aromatic heterocycles. The molecule has 0 spiro atoms. The molecule has 0 saturated heterocycles. The summed E-state index contributed by atoms with van der Waals surface area (Å²) in [4.78, 5) is 86.1. The minimum Gasteiger partial charge on any atom is -0.426 e. The van der Waals surface area contributed by atoms with Gasteiger partial charge in [-0.15, -0.1) is 0 Å². The van der Waals surface area contributed by atoms with Gasteiger partial charge in [-0.2, -0.15) is 0 Å². The predicted molar refractivity (Wildman–Crippen MR) is 169 cm³/mol. The quantitative estimate of drug-likeness (QED) is 0.0469. The van der Waals surface area contributed by atoms with E-state index in [2.05, 4.69) is 0 Å². The number of rotatable bonds is 12. The fourth-order valence-electron chi connectivity index (χ4n) is 3.43. The molecule has 260 valence electrons. The number of hydrogen-bond acceptors (Lipinski definition) is 16. The van der Waals surface area contributed by atoms with Gasteiger partial charge in [-0.05, 0) is 48.5 Å². The van der Waals surface area contributed by atoms with Crippen molar-refractivity contribution in [3.63, 3.8) is 0 Å². The van der Waals surface area contributed by atoms with E-state index in [1.807, 2.05) is 0 Å². The number of non-ortho nitro benzene ring substituents is 4. The van der Waals surface area contributed by atoms with Crippen molar-refractivity contribution in [2.45, 2.75) is 6.42 Å². The molecule has 20 heteroatoms. The molecule has 0 unspecified atom stereocenters. The maximum Gasteiger partial charge on any atom is 0.336 e. The number of carbonyl (C=O) groups excluding carboxylic acids is 4. The molecule has 0 fully saturated rings. The molecule has 0 amide bonds. The van der Waals surface area contributed by atoms with Gasteiger partial charge in [0.2, 0.25) is 0 Å². The lowest BCUT2D eigenvalue weighted by atomic mass is 10.3. The van der Waals surface area contributed by atoms with Gasteiger partial charge in [0.1, 0.15) is 29.4 Å². The van der Waals surface area contributed by atoms with Crippen LogP contribution in [0.5, 0.6) is 23.0 Å². The molecule has 0 atom stereocenters. The smallest absolute Gasteiger partial charge is 0.336 e. The minimum atomic E-state index is -0.916. The number of hydrogen-bond donors (Lipinski definition) is 0. The lowest BCUT2D eigenvalue weighted by Crippen LogP contribution is -2.18. The number of carbonyl (C=O) groups is 4. The van der Waals surface area contributed by atoms with E-state index in [4.69, 9.17) is 18.9 Å². The Hall–Kier alpha value is -7.90. The fourth-order valence-corrected chi connectivity index (χ4v) is 3.43. The number of nitrogens with zero attached hydrogens (tertiary/aromatic N) is 4. The third-order valence-corrected chi connectivity index (χ3v) is 5.73. The molecule has 0 aliphatic heterocycles. The Kier molecular flexibility index (Phi) is 13.2. The fraction of sp³-hybridized carbons (Fsp3) is 0.0323. The molecule has 0 saturated carbocycles. The normalized spacial score (nSPS) is 10.1. The molecule has 4 aromatic carbocycles. The molecule has 4 rings (SSSR count). The maximum atomic E-state index is 11.6. The van der Waals surface area contributed by atoms with Crippen LogP contribution in [0, 0.1) is 40.5 Å². The Morgan fingerprint density at radius 2 is 0.627 bits per heavy atom. The summed E-state index contributed by atoms with van der Waals surface area (Å²) in [5, 5.41) is 42.1. The number of benzene rings is 4. The topological polar surface area (TPSA) is 278 Å².